The van der Waals surface area contributed by atoms with E-state index < -0.39 is 0 Å². The Morgan fingerprint density at radius 1 is 1.42 bits per heavy atom. The number of hydrazone groups is 1. The van der Waals surface area contributed by atoms with Gasteiger partial charge in [-0.05, 0) is 12.8 Å². The molecular weight excluding hydrogens is 156 g/mol. The maximum Gasteiger partial charge on any atom is 0.208 e. The van der Waals surface area contributed by atoms with Crippen molar-refractivity contribution in [1.29, 1.82) is 0 Å². The molecule has 0 aromatic heterocycles. The number of rotatable bonds is 2. The number of aldehydes is 1. The molecule has 0 aliphatic carbocycles. The highest BCUT2D eigenvalue weighted by Gasteiger charge is 2.16. The second-order valence-corrected chi connectivity index (χ2v) is 2.95. The minimum absolute atomic E-state index is 0.0829. The Bertz CT molecular complexity index is 180. The number of hydrogen-bond donors (Lipinski definition) is 2. The van der Waals surface area contributed by atoms with Gasteiger partial charge in [0.2, 0.25) is 5.96 Å². The molecule has 1 aliphatic heterocycles. The Morgan fingerprint density at radius 2 is 2.00 bits per heavy atom. The summed E-state index contributed by atoms with van der Waals surface area (Å²) in [5, 5.41) is 5.70. The number of guanidine groups is 1. The summed E-state index contributed by atoms with van der Waals surface area (Å²) in [5.41, 5.74) is 10.4. The Labute approximate surface area is 71.4 Å². The average molecular weight is 170 g/mol. The van der Waals surface area contributed by atoms with E-state index in [2.05, 4.69) is 5.10 Å². The predicted molar refractivity (Wildman–Crippen MR) is 46.2 cm³/mol. The number of nitrogens with zero attached hydrogens (tertiary/aromatic N) is 2. The predicted octanol–water partition coefficient (Wildman–Crippen LogP) is -0.914. The van der Waals surface area contributed by atoms with E-state index in [9.17, 15) is 4.79 Å². The van der Waals surface area contributed by atoms with Crippen LogP contribution in [0.4, 0.5) is 0 Å². The molecule has 1 heterocycles. The van der Waals surface area contributed by atoms with Crippen LogP contribution in [0.25, 0.3) is 0 Å². The van der Waals surface area contributed by atoms with Crippen molar-refractivity contribution in [2.24, 2.45) is 22.5 Å². The highest BCUT2D eigenvalue weighted by atomic mass is 16.1. The Kier molecular flexibility index (Phi) is 2.90. The fourth-order valence-corrected chi connectivity index (χ4v) is 1.29. The molecule has 0 saturated carbocycles. The van der Waals surface area contributed by atoms with Gasteiger partial charge in [-0.3, -0.25) is 5.01 Å². The standard InChI is InChI=1S/C7H14N4O/c8-7(9)10-11-3-1-6(5-12)2-4-11/h5-6H,1-4H2,(H4,8,9,10). The highest BCUT2D eigenvalue weighted by molar-refractivity contribution is 5.75. The van der Waals surface area contributed by atoms with Crippen molar-refractivity contribution >= 4 is 12.2 Å². The molecule has 1 fully saturated rings. The van der Waals surface area contributed by atoms with E-state index in [1.54, 1.807) is 5.01 Å². The lowest BCUT2D eigenvalue weighted by atomic mass is 10.00. The molecule has 4 N–H and O–H groups in total. The number of piperidine rings is 1. The van der Waals surface area contributed by atoms with Crippen LogP contribution in [0.2, 0.25) is 0 Å². The summed E-state index contributed by atoms with van der Waals surface area (Å²) >= 11 is 0. The smallest absolute Gasteiger partial charge is 0.208 e. The molecule has 1 aliphatic rings. The normalized spacial score (nSPS) is 18.8. The van der Waals surface area contributed by atoms with Crippen LogP contribution in [0.1, 0.15) is 12.8 Å². The number of nitrogens with two attached hydrogens (primary N) is 2. The van der Waals surface area contributed by atoms with Crippen molar-refractivity contribution in [1.82, 2.24) is 5.01 Å². The van der Waals surface area contributed by atoms with Gasteiger partial charge >= 0.3 is 0 Å². The molecule has 0 aromatic carbocycles. The maximum atomic E-state index is 10.4. The quantitative estimate of drug-likeness (QED) is 0.319. The number of carbonyl (C=O) groups is 1. The largest absolute Gasteiger partial charge is 0.369 e. The average Bonchev–Trinajstić information content (AvgIpc) is 2.05. The Hall–Kier alpha value is -1.26. The van der Waals surface area contributed by atoms with Gasteiger partial charge in [-0.15, -0.1) is 5.10 Å². The summed E-state index contributed by atoms with van der Waals surface area (Å²) in [7, 11) is 0. The zero-order valence-electron chi connectivity index (χ0n) is 6.94. The van der Waals surface area contributed by atoms with E-state index in [1.165, 1.54) is 0 Å². The zero-order chi connectivity index (χ0) is 8.97. The van der Waals surface area contributed by atoms with Gasteiger partial charge < -0.3 is 16.3 Å². The van der Waals surface area contributed by atoms with Crippen LogP contribution in [0.5, 0.6) is 0 Å². The van der Waals surface area contributed by atoms with Crippen LogP contribution in [0.3, 0.4) is 0 Å². The summed E-state index contributed by atoms with van der Waals surface area (Å²) < 4.78 is 0. The topological polar surface area (TPSA) is 84.7 Å². The van der Waals surface area contributed by atoms with Crippen LogP contribution in [0, 0.1) is 5.92 Å². The van der Waals surface area contributed by atoms with Gasteiger partial charge in [-0.1, -0.05) is 0 Å². The van der Waals surface area contributed by atoms with Gasteiger partial charge in [0.15, 0.2) is 0 Å². The summed E-state index contributed by atoms with van der Waals surface area (Å²) in [4.78, 5) is 10.4. The first-order valence-electron chi connectivity index (χ1n) is 4.02. The molecule has 0 radical (unpaired) electrons. The van der Waals surface area contributed by atoms with Crippen LogP contribution < -0.4 is 11.5 Å². The van der Waals surface area contributed by atoms with E-state index in [4.69, 9.17) is 11.5 Å². The molecule has 0 unspecified atom stereocenters. The third-order valence-corrected chi connectivity index (χ3v) is 1.97. The van der Waals surface area contributed by atoms with E-state index in [0.29, 0.717) is 0 Å². The molecular formula is C7H14N4O. The fourth-order valence-electron chi connectivity index (χ4n) is 1.29. The Morgan fingerprint density at radius 3 is 2.42 bits per heavy atom. The first-order valence-corrected chi connectivity index (χ1v) is 4.02. The van der Waals surface area contributed by atoms with Crippen LogP contribution >= 0.6 is 0 Å². The third-order valence-electron chi connectivity index (χ3n) is 1.97. The van der Waals surface area contributed by atoms with Crippen LogP contribution in [-0.2, 0) is 4.79 Å². The second kappa shape index (κ2) is 3.94. The summed E-state index contributed by atoms with van der Waals surface area (Å²) in [6.07, 6.45) is 2.70. The molecule has 0 aromatic rings. The number of hydrogen-bond acceptors (Lipinski definition) is 3. The molecule has 5 heteroatoms. The molecule has 5 nitrogen and oxygen atoms in total. The molecule has 1 saturated heterocycles. The van der Waals surface area contributed by atoms with Gasteiger partial charge in [-0.25, -0.2) is 0 Å². The number of carbonyl (C=O) groups excluding carboxylic acids is 1. The van der Waals surface area contributed by atoms with Crippen molar-refractivity contribution in [3.63, 3.8) is 0 Å². The van der Waals surface area contributed by atoms with Gasteiger partial charge in [0, 0.05) is 19.0 Å². The molecule has 1 rings (SSSR count). The second-order valence-electron chi connectivity index (χ2n) is 2.95. The van der Waals surface area contributed by atoms with Crippen LogP contribution in [0.15, 0.2) is 5.10 Å². The van der Waals surface area contributed by atoms with Gasteiger partial charge in [-0.2, -0.15) is 0 Å². The van der Waals surface area contributed by atoms with Crippen molar-refractivity contribution in [2.45, 2.75) is 12.8 Å². The van der Waals surface area contributed by atoms with E-state index in [0.717, 1.165) is 32.2 Å². The molecule has 68 valence electrons. The summed E-state index contributed by atoms with van der Waals surface area (Å²) in [6, 6.07) is 0. The molecule has 12 heavy (non-hydrogen) atoms. The van der Waals surface area contributed by atoms with Crippen molar-refractivity contribution in [3.05, 3.63) is 0 Å². The lowest BCUT2D eigenvalue weighted by Gasteiger charge is -2.26. The van der Waals surface area contributed by atoms with E-state index >= 15 is 0 Å². The third kappa shape index (κ3) is 2.41. The SMILES string of the molecule is NC(N)=NN1CCC(C=O)CC1. The minimum Gasteiger partial charge on any atom is -0.369 e. The Balaban J connectivity index is 2.36. The monoisotopic (exact) mass is 170 g/mol. The zero-order valence-corrected chi connectivity index (χ0v) is 6.94. The first-order chi connectivity index (χ1) is 5.72. The van der Waals surface area contributed by atoms with Gasteiger partial charge in [0.25, 0.3) is 0 Å². The lowest BCUT2D eigenvalue weighted by molar-refractivity contribution is -0.112. The van der Waals surface area contributed by atoms with E-state index in [-0.39, 0.29) is 11.9 Å². The van der Waals surface area contributed by atoms with Crippen molar-refractivity contribution in [3.8, 4) is 0 Å². The van der Waals surface area contributed by atoms with Gasteiger partial charge in [0.05, 0.1) is 0 Å². The van der Waals surface area contributed by atoms with E-state index in [1.807, 2.05) is 0 Å². The van der Waals surface area contributed by atoms with Crippen molar-refractivity contribution in [2.75, 3.05) is 13.1 Å². The lowest BCUT2D eigenvalue weighted by Crippen LogP contribution is -2.34. The highest BCUT2D eigenvalue weighted by Crippen LogP contribution is 2.14. The van der Waals surface area contributed by atoms with Gasteiger partial charge in [0.1, 0.15) is 6.29 Å². The maximum absolute atomic E-state index is 10.4. The summed E-state index contributed by atoms with van der Waals surface area (Å²) in [5.74, 6) is 0.273. The minimum atomic E-state index is 0.0829. The molecule has 0 bridgehead atoms. The molecule has 0 spiro atoms. The molecule has 0 atom stereocenters. The summed E-state index contributed by atoms with van der Waals surface area (Å²) in [6.45, 7) is 1.53. The molecule has 0 amide bonds. The van der Waals surface area contributed by atoms with Crippen LogP contribution in [-0.4, -0.2) is 30.3 Å². The van der Waals surface area contributed by atoms with Crippen molar-refractivity contribution < 1.29 is 4.79 Å². The fraction of sp³-hybridized carbons (Fsp3) is 0.714. The first kappa shape index (κ1) is 8.83.